The molecular weight excluding hydrogens is 302 g/mol. The smallest absolute Gasteiger partial charge is 0.247 e. The summed E-state index contributed by atoms with van der Waals surface area (Å²) in [4.78, 5) is 2.34. The molecule has 122 valence electrons. The highest BCUT2D eigenvalue weighted by Gasteiger charge is 2.18. The average molecular weight is 321 g/mol. The zero-order valence-corrected chi connectivity index (χ0v) is 13.6. The summed E-state index contributed by atoms with van der Waals surface area (Å²) < 4.78 is 11.0. The summed E-state index contributed by atoms with van der Waals surface area (Å²) in [6.07, 6.45) is 1.07. The van der Waals surface area contributed by atoms with Gasteiger partial charge in [0.15, 0.2) is 0 Å². The Hall–Kier alpha value is -2.66. The molecule has 1 aromatic heterocycles. The van der Waals surface area contributed by atoms with E-state index in [4.69, 9.17) is 9.15 Å². The van der Waals surface area contributed by atoms with E-state index < -0.39 is 0 Å². The quantitative estimate of drug-likeness (QED) is 0.738. The Bertz CT molecular complexity index is 827. The second kappa shape index (κ2) is 6.45. The summed E-state index contributed by atoms with van der Waals surface area (Å²) in [6.45, 7) is 2.62. The van der Waals surface area contributed by atoms with Gasteiger partial charge in [-0.3, -0.25) is 4.90 Å². The second-order valence-corrected chi connectivity index (χ2v) is 5.96. The van der Waals surface area contributed by atoms with Crippen LogP contribution < -0.4 is 4.74 Å². The first-order valence-electron chi connectivity index (χ1n) is 8.08. The molecule has 3 aromatic rings. The number of benzene rings is 2. The molecule has 24 heavy (non-hydrogen) atoms. The van der Waals surface area contributed by atoms with Crippen molar-refractivity contribution < 1.29 is 9.15 Å². The monoisotopic (exact) mass is 321 g/mol. The fourth-order valence-electron chi connectivity index (χ4n) is 3.05. The Balaban J connectivity index is 1.46. The van der Waals surface area contributed by atoms with Crippen LogP contribution in [0.15, 0.2) is 52.9 Å². The van der Waals surface area contributed by atoms with Gasteiger partial charge in [-0.25, -0.2) is 0 Å². The minimum atomic E-state index is 0.546. The van der Waals surface area contributed by atoms with Gasteiger partial charge in [0.1, 0.15) is 5.75 Å². The van der Waals surface area contributed by atoms with Crippen LogP contribution in [0.25, 0.3) is 11.5 Å². The molecular formula is C19H19N3O2. The molecule has 0 saturated carbocycles. The van der Waals surface area contributed by atoms with Crippen LogP contribution in [0.1, 0.15) is 17.0 Å². The Morgan fingerprint density at radius 1 is 1.04 bits per heavy atom. The van der Waals surface area contributed by atoms with Gasteiger partial charge in [0.25, 0.3) is 0 Å². The molecule has 1 aliphatic heterocycles. The maximum atomic E-state index is 5.83. The maximum absolute atomic E-state index is 5.83. The Labute approximate surface area is 140 Å². The van der Waals surface area contributed by atoms with E-state index in [-0.39, 0.29) is 0 Å². The van der Waals surface area contributed by atoms with Gasteiger partial charge in [0.2, 0.25) is 11.8 Å². The number of fused-ring (bicyclic) bond motifs is 1. The molecule has 0 radical (unpaired) electrons. The fourth-order valence-corrected chi connectivity index (χ4v) is 3.05. The first-order chi connectivity index (χ1) is 11.8. The lowest BCUT2D eigenvalue weighted by Crippen LogP contribution is -2.30. The molecule has 0 fully saturated rings. The lowest BCUT2D eigenvalue weighted by Gasteiger charge is -2.27. The zero-order chi connectivity index (χ0) is 16.4. The van der Waals surface area contributed by atoms with Crippen molar-refractivity contribution in [2.24, 2.45) is 0 Å². The summed E-state index contributed by atoms with van der Waals surface area (Å²) in [7, 11) is 1.65. The minimum absolute atomic E-state index is 0.546. The summed E-state index contributed by atoms with van der Waals surface area (Å²) in [6, 6.07) is 16.2. The maximum Gasteiger partial charge on any atom is 0.247 e. The van der Waals surface area contributed by atoms with Gasteiger partial charge >= 0.3 is 0 Å². The third kappa shape index (κ3) is 3.03. The van der Waals surface area contributed by atoms with E-state index in [2.05, 4.69) is 39.4 Å². The predicted molar refractivity (Wildman–Crippen MR) is 90.5 cm³/mol. The van der Waals surface area contributed by atoms with Crippen LogP contribution in [0.3, 0.4) is 0 Å². The largest absolute Gasteiger partial charge is 0.497 e. The van der Waals surface area contributed by atoms with Crippen LogP contribution in [0, 0.1) is 0 Å². The van der Waals surface area contributed by atoms with Gasteiger partial charge < -0.3 is 9.15 Å². The van der Waals surface area contributed by atoms with E-state index in [0.717, 1.165) is 30.8 Å². The van der Waals surface area contributed by atoms with Gasteiger partial charge in [-0.2, -0.15) is 0 Å². The lowest BCUT2D eigenvalue weighted by atomic mass is 10.00. The van der Waals surface area contributed by atoms with Crippen molar-refractivity contribution in [3.63, 3.8) is 0 Å². The van der Waals surface area contributed by atoms with Crippen molar-refractivity contribution in [1.82, 2.24) is 15.1 Å². The number of hydrogen-bond acceptors (Lipinski definition) is 5. The SMILES string of the molecule is COc1ccc(-c2nnc(CN3CCc4ccccc4C3)o2)cc1. The first kappa shape index (κ1) is 14.9. The molecule has 1 aliphatic rings. The number of ether oxygens (including phenoxy) is 1. The highest BCUT2D eigenvalue weighted by atomic mass is 16.5. The number of hydrogen-bond donors (Lipinski definition) is 0. The van der Waals surface area contributed by atoms with E-state index in [9.17, 15) is 0 Å². The van der Waals surface area contributed by atoms with Gasteiger partial charge in [0, 0.05) is 18.7 Å². The van der Waals surface area contributed by atoms with Crippen LogP contribution in [0.2, 0.25) is 0 Å². The number of rotatable bonds is 4. The topological polar surface area (TPSA) is 51.4 Å². The van der Waals surface area contributed by atoms with Gasteiger partial charge in [-0.05, 0) is 41.8 Å². The Morgan fingerprint density at radius 3 is 2.62 bits per heavy atom. The molecule has 0 bridgehead atoms. The molecule has 0 spiro atoms. The van der Waals surface area contributed by atoms with E-state index in [1.165, 1.54) is 11.1 Å². The van der Waals surface area contributed by atoms with Crippen molar-refractivity contribution in [2.45, 2.75) is 19.5 Å². The zero-order valence-electron chi connectivity index (χ0n) is 13.6. The molecule has 0 amide bonds. The van der Waals surface area contributed by atoms with E-state index in [1.54, 1.807) is 7.11 Å². The predicted octanol–water partition coefficient (Wildman–Crippen LogP) is 3.30. The van der Waals surface area contributed by atoms with Gasteiger partial charge in [0.05, 0.1) is 13.7 Å². The Morgan fingerprint density at radius 2 is 1.83 bits per heavy atom. The second-order valence-electron chi connectivity index (χ2n) is 5.96. The van der Waals surface area contributed by atoms with Crippen LogP contribution >= 0.6 is 0 Å². The van der Waals surface area contributed by atoms with Crippen LogP contribution in [0.5, 0.6) is 5.75 Å². The molecule has 0 atom stereocenters. The molecule has 0 aliphatic carbocycles. The standard InChI is InChI=1S/C19H19N3O2/c1-23-17-8-6-15(7-9-17)19-21-20-18(24-19)13-22-11-10-14-4-2-3-5-16(14)12-22/h2-9H,10-13H2,1H3. The normalized spacial score (nSPS) is 14.4. The number of methoxy groups -OCH3 is 1. The average Bonchev–Trinajstić information content (AvgIpc) is 3.10. The molecule has 2 aromatic carbocycles. The van der Waals surface area contributed by atoms with Gasteiger partial charge in [-0.15, -0.1) is 10.2 Å². The molecule has 0 unspecified atom stereocenters. The summed E-state index contributed by atoms with van der Waals surface area (Å²) >= 11 is 0. The molecule has 0 saturated heterocycles. The van der Waals surface area contributed by atoms with Crippen LogP contribution in [-0.4, -0.2) is 28.8 Å². The third-order valence-electron chi connectivity index (χ3n) is 4.37. The highest BCUT2D eigenvalue weighted by Crippen LogP contribution is 2.23. The number of nitrogens with zero attached hydrogens (tertiary/aromatic N) is 3. The lowest BCUT2D eigenvalue weighted by molar-refractivity contribution is 0.222. The van der Waals surface area contributed by atoms with Crippen LogP contribution in [0.4, 0.5) is 0 Å². The highest BCUT2D eigenvalue weighted by molar-refractivity contribution is 5.53. The minimum Gasteiger partial charge on any atom is -0.497 e. The van der Waals surface area contributed by atoms with Crippen molar-refractivity contribution >= 4 is 0 Å². The van der Waals surface area contributed by atoms with E-state index >= 15 is 0 Å². The van der Waals surface area contributed by atoms with Gasteiger partial charge in [-0.1, -0.05) is 24.3 Å². The third-order valence-corrected chi connectivity index (χ3v) is 4.37. The molecule has 4 rings (SSSR count). The number of aromatic nitrogens is 2. The molecule has 5 heteroatoms. The first-order valence-corrected chi connectivity index (χ1v) is 8.08. The molecule has 2 heterocycles. The van der Waals surface area contributed by atoms with Crippen molar-refractivity contribution in [3.05, 3.63) is 65.5 Å². The van der Waals surface area contributed by atoms with Crippen molar-refractivity contribution in [2.75, 3.05) is 13.7 Å². The molecule has 0 N–H and O–H groups in total. The summed E-state index contributed by atoms with van der Waals surface area (Å²) in [5.41, 5.74) is 3.73. The van der Waals surface area contributed by atoms with E-state index in [1.807, 2.05) is 24.3 Å². The summed E-state index contributed by atoms with van der Waals surface area (Å²) in [5, 5.41) is 8.36. The van der Waals surface area contributed by atoms with E-state index in [0.29, 0.717) is 18.3 Å². The Kier molecular flexibility index (Phi) is 4.01. The van der Waals surface area contributed by atoms with Crippen molar-refractivity contribution in [1.29, 1.82) is 0 Å². The van der Waals surface area contributed by atoms with Crippen LogP contribution in [-0.2, 0) is 19.5 Å². The fraction of sp³-hybridized carbons (Fsp3) is 0.263. The van der Waals surface area contributed by atoms with Crippen molar-refractivity contribution in [3.8, 4) is 17.2 Å². The summed E-state index contributed by atoms with van der Waals surface area (Å²) in [5.74, 6) is 2.01. The molecule has 5 nitrogen and oxygen atoms in total.